The molecule has 0 bridgehead atoms. The standard InChI is InChI=1S/C18H21N5O2/c19-17(24)15-3-1-2-14(12-15)13-21-18(25)23-10-8-22(9-11-23)16-4-6-20-7-5-16/h1-7,12H,8-11,13H2,(H2,19,24)(H,21,25). The van der Waals surface area contributed by atoms with Gasteiger partial charge in [0.05, 0.1) is 0 Å². The van der Waals surface area contributed by atoms with Crippen LogP contribution in [-0.4, -0.2) is 48.0 Å². The molecule has 1 aromatic heterocycles. The number of nitrogens with two attached hydrogens (primary N) is 1. The fourth-order valence-corrected chi connectivity index (χ4v) is 2.85. The van der Waals surface area contributed by atoms with Gasteiger partial charge in [0.2, 0.25) is 5.91 Å². The number of pyridine rings is 1. The van der Waals surface area contributed by atoms with Crippen molar-refractivity contribution in [1.29, 1.82) is 0 Å². The quantitative estimate of drug-likeness (QED) is 0.876. The maximum atomic E-state index is 12.3. The first kappa shape index (κ1) is 16.8. The second-order valence-electron chi connectivity index (χ2n) is 5.90. The highest BCUT2D eigenvalue weighted by Crippen LogP contribution is 2.14. The minimum atomic E-state index is -0.472. The summed E-state index contributed by atoms with van der Waals surface area (Å²) in [6, 6.07) is 10.8. The smallest absolute Gasteiger partial charge is 0.317 e. The second kappa shape index (κ2) is 7.65. The molecule has 0 saturated carbocycles. The number of aromatic nitrogens is 1. The van der Waals surface area contributed by atoms with Crippen LogP contribution >= 0.6 is 0 Å². The van der Waals surface area contributed by atoms with Crippen molar-refractivity contribution in [2.24, 2.45) is 5.73 Å². The predicted octanol–water partition coefficient (Wildman–Crippen LogP) is 1.21. The molecule has 3 amide bonds. The fourth-order valence-electron chi connectivity index (χ4n) is 2.85. The van der Waals surface area contributed by atoms with E-state index in [2.05, 4.69) is 15.2 Å². The first-order valence-corrected chi connectivity index (χ1v) is 8.20. The zero-order valence-corrected chi connectivity index (χ0v) is 13.9. The number of urea groups is 1. The molecular formula is C18H21N5O2. The van der Waals surface area contributed by atoms with E-state index in [0.717, 1.165) is 24.3 Å². The van der Waals surface area contributed by atoms with Gasteiger partial charge in [-0.25, -0.2) is 4.79 Å². The Labute approximate surface area is 146 Å². The van der Waals surface area contributed by atoms with E-state index in [-0.39, 0.29) is 6.03 Å². The molecule has 1 aliphatic heterocycles. The number of amides is 3. The lowest BCUT2D eigenvalue weighted by molar-refractivity contribution is 0.1000. The molecule has 2 heterocycles. The molecule has 0 aliphatic carbocycles. The molecule has 3 N–H and O–H groups in total. The van der Waals surface area contributed by atoms with Gasteiger partial charge in [0.15, 0.2) is 0 Å². The molecule has 0 radical (unpaired) electrons. The Balaban J connectivity index is 1.50. The Bertz CT molecular complexity index is 742. The summed E-state index contributed by atoms with van der Waals surface area (Å²) >= 11 is 0. The predicted molar refractivity (Wildman–Crippen MR) is 95.2 cm³/mol. The number of primary amides is 1. The zero-order chi connectivity index (χ0) is 17.6. The average molecular weight is 339 g/mol. The Morgan fingerprint density at radius 2 is 1.80 bits per heavy atom. The van der Waals surface area contributed by atoms with Crippen molar-refractivity contribution in [1.82, 2.24) is 15.2 Å². The third kappa shape index (κ3) is 4.26. The van der Waals surface area contributed by atoms with Crippen molar-refractivity contribution in [3.8, 4) is 0 Å². The van der Waals surface area contributed by atoms with Crippen LogP contribution in [0.25, 0.3) is 0 Å². The van der Waals surface area contributed by atoms with Gasteiger partial charge in [-0.1, -0.05) is 12.1 Å². The van der Waals surface area contributed by atoms with Crippen LogP contribution in [0.2, 0.25) is 0 Å². The number of anilines is 1. The average Bonchev–Trinajstić information content (AvgIpc) is 2.67. The van der Waals surface area contributed by atoms with Crippen LogP contribution in [0.5, 0.6) is 0 Å². The SMILES string of the molecule is NC(=O)c1cccc(CNC(=O)N2CCN(c3ccncc3)CC2)c1. The highest BCUT2D eigenvalue weighted by atomic mass is 16.2. The number of hydrogen-bond acceptors (Lipinski definition) is 4. The van der Waals surface area contributed by atoms with Crippen LogP contribution in [0, 0.1) is 0 Å². The molecule has 1 fully saturated rings. The molecule has 1 saturated heterocycles. The molecule has 7 heteroatoms. The number of benzene rings is 1. The van der Waals surface area contributed by atoms with Gasteiger partial charge >= 0.3 is 6.03 Å². The molecular weight excluding hydrogens is 318 g/mol. The van der Waals surface area contributed by atoms with Gasteiger partial charge in [-0.2, -0.15) is 0 Å². The van der Waals surface area contributed by atoms with E-state index in [1.165, 1.54) is 0 Å². The van der Waals surface area contributed by atoms with E-state index in [4.69, 9.17) is 5.73 Å². The summed E-state index contributed by atoms with van der Waals surface area (Å²) in [6.45, 7) is 3.26. The van der Waals surface area contributed by atoms with Crippen LogP contribution in [0.3, 0.4) is 0 Å². The number of carbonyl (C=O) groups excluding carboxylic acids is 2. The van der Waals surface area contributed by atoms with E-state index in [1.807, 2.05) is 18.2 Å². The molecule has 1 aliphatic rings. The molecule has 0 unspecified atom stereocenters. The van der Waals surface area contributed by atoms with Gasteiger partial charge in [-0.3, -0.25) is 9.78 Å². The van der Waals surface area contributed by atoms with Crippen LogP contribution < -0.4 is 16.0 Å². The molecule has 0 atom stereocenters. The Morgan fingerprint density at radius 1 is 1.08 bits per heavy atom. The van der Waals surface area contributed by atoms with Gasteiger partial charge in [0, 0.05) is 56.4 Å². The van der Waals surface area contributed by atoms with Crippen molar-refractivity contribution >= 4 is 17.6 Å². The summed E-state index contributed by atoms with van der Waals surface area (Å²) in [5, 5.41) is 2.90. The molecule has 2 aromatic rings. The van der Waals surface area contributed by atoms with E-state index in [0.29, 0.717) is 25.2 Å². The first-order chi connectivity index (χ1) is 12.1. The third-order valence-corrected chi connectivity index (χ3v) is 4.25. The minimum Gasteiger partial charge on any atom is -0.368 e. The van der Waals surface area contributed by atoms with Crippen molar-refractivity contribution in [3.63, 3.8) is 0 Å². The van der Waals surface area contributed by atoms with E-state index in [1.54, 1.807) is 35.5 Å². The summed E-state index contributed by atoms with van der Waals surface area (Å²) in [4.78, 5) is 31.6. The normalized spacial score (nSPS) is 14.2. The second-order valence-corrected chi connectivity index (χ2v) is 5.90. The highest BCUT2D eigenvalue weighted by Gasteiger charge is 2.21. The summed E-state index contributed by atoms with van der Waals surface area (Å²) < 4.78 is 0. The van der Waals surface area contributed by atoms with Crippen LogP contribution in [0.4, 0.5) is 10.5 Å². The summed E-state index contributed by atoms with van der Waals surface area (Å²) in [6.07, 6.45) is 3.54. The van der Waals surface area contributed by atoms with Gasteiger partial charge in [-0.05, 0) is 29.8 Å². The molecule has 130 valence electrons. The molecule has 25 heavy (non-hydrogen) atoms. The Morgan fingerprint density at radius 3 is 2.48 bits per heavy atom. The van der Waals surface area contributed by atoms with Crippen molar-refractivity contribution < 1.29 is 9.59 Å². The van der Waals surface area contributed by atoms with Gasteiger partial charge in [0.1, 0.15) is 0 Å². The Hall–Kier alpha value is -3.09. The van der Waals surface area contributed by atoms with Crippen molar-refractivity contribution in [2.45, 2.75) is 6.54 Å². The third-order valence-electron chi connectivity index (χ3n) is 4.25. The maximum absolute atomic E-state index is 12.3. The summed E-state index contributed by atoms with van der Waals surface area (Å²) in [5.74, 6) is -0.472. The lowest BCUT2D eigenvalue weighted by Crippen LogP contribution is -2.51. The number of nitrogens with one attached hydrogen (secondary N) is 1. The topological polar surface area (TPSA) is 91.6 Å². The summed E-state index contributed by atoms with van der Waals surface area (Å²) in [5.41, 5.74) is 7.69. The van der Waals surface area contributed by atoms with Crippen LogP contribution in [0.15, 0.2) is 48.8 Å². The number of carbonyl (C=O) groups is 2. The lowest BCUT2D eigenvalue weighted by atomic mass is 10.1. The van der Waals surface area contributed by atoms with E-state index < -0.39 is 5.91 Å². The number of nitrogens with zero attached hydrogens (tertiary/aromatic N) is 3. The molecule has 1 aromatic carbocycles. The first-order valence-electron chi connectivity index (χ1n) is 8.20. The molecule has 0 spiro atoms. The number of hydrogen-bond donors (Lipinski definition) is 2. The van der Waals surface area contributed by atoms with Crippen LogP contribution in [0.1, 0.15) is 15.9 Å². The highest BCUT2D eigenvalue weighted by molar-refractivity contribution is 5.92. The van der Waals surface area contributed by atoms with Crippen molar-refractivity contribution in [2.75, 3.05) is 31.1 Å². The van der Waals surface area contributed by atoms with Crippen molar-refractivity contribution in [3.05, 3.63) is 59.9 Å². The fraction of sp³-hybridized carbons (Fsp3) is 0.278. The van der Waals surface area contributed by atoms with E-state index in [9.17, 15) is 9.59 Å². The van der Waals surface area contributed by atoms with Gasteiger partial charge in [-0.15, -0.1) is 0 Å². The monoisotopic (exact) mass is 339 g/mol. The van der Waals surface area contributed by atoms with Crippen LogP contribution in [-0.2, 0) is 6.54 Å². The minimum absolute atomic E-state index is 0.0983. The number of rotatable bonds is 4. The Kier molecular flexibility index (Phi) is 5.13. The number of piperazine rings is 1. The van der Waals surface area contributed by atoms with E-state index >= 15 is 0 Å². The molecule has 7 nitrogen and oxygen atoms in total. The lowest BCUT2D eigenvalue weighted by Gasteiger charge is -2.36. The maximum Gasteiger partial charge on any atom is 0.317 e. The summed E-state index contributed by atoms with van der Waals surface area (Å²) in [7, 11) is 0. The molecule has 3 rings (SSSR count). The largest absolute Gasteiger partial charge is 0.368 e. The zero-order valence-electron chi connectivity index (χ0n) is 13.9. The van der Waals surface area contributed by atoms with Gasteiger partial charge < -0.3 is 20.9 Å². The van der Waals surface area contributed by atoms with Gasteiger partial charge in [0.25, 0.3) is 0 Å².